The molecule has 0 spiro atoms. The predicted octanol–water partition coefficient (Wildman–Crippen LogP) is -0.389. The Morgan fingerprint density at radius 2 is 2.40 bits per heavy atom. The van der Waals surface area contributed by atoms with E-state index in [9.17, 15) is 4.79 Å². The van der Waals surface area contributed by atoms with Crippen molar-refractivity contribution in [3.63, 3.8) is 0 Å². The van der Waals surface area contributed by atoms with E-state index >= 15 is 0 Å². The Morgan fingerprint density at radius 3 is 3.30 bits per heavy atom. The largest absolute Gasteiger partial charge is 0.369 e. The van der Waals surface area contributed by atoms with Gasteiger partial charge in [-0.1, -0.05) is 0 Å². The van der Waals surface area contributed by atoms with Gasteiger partial charge in [0.15, 0.2) is 12.4 Å². The smallest absolute Gasteiger partial charge is 0.269 e. The zero-order valence-electron chi connectivity index (χ0n) is 5.11. The van der Waals surface area contributed by atoms with Gasteiger partial charge >= 0.3 is 5.96 Å². The second-order valence-electron chi connectivity index (χ2n) is 1.96. The van der Waals surface area contributed by atoms with Crippen molar-refractivity contribution < 1.29 is 4.79 Å². The van der Waals surface area contributed by atoms with Crippen LogP contribution in [0.25, 0.3) is 0 Å². The third kappa shape index (κ3) is 0.663. The number of guanidine groups is 1. The first kappa shape index (κ1) is 5.37. The summed E-state index contributed by atoms with van der Waals surface area (Å²) in [6.45, 7) is 0. The highest BCUT2D eigenvalue weighted by Gasteiger charge is 2.28. The van der Waals surface area contributed by atoms with Crippen molar-refractivity contribution in [2.24, 2.45) is 4.99 Å². The molecule has 0 aromatic rings. The molecule has 0 saturated carbocycles. The number of carbonyl (C=O) groups is 1. The first-order valence-corrected chi connectivity index (χ1v) is 2.88. The number of nitrogens with zero attached hydrogens (tertiary/aromatic N) is 2. The highest BCUT2D eigenvalue weighted by Crippen LogP contribution is 2.01. The molecule has 0 unspecified atom stereocenters. The van der Waals surface area contributed by atoms with Crippen LogP contribution in [0.3, 0.4) is 0 Å². The van der Waals surface area contributed by atoms with E-state index in [1.54, 1.807) is 23.5 Å². The lowest BCUT2D eigenvalue weighted by atomic mass is 10.5. The standard InChI is InChI=1S/C6H5N3O/c10-5-1-3-9-4-2-7-6(9)8-5/h1-4H,(H,7,8,10)/q+1. The maximum atomic E-state index is 10.7. The minimum Gasteiger partial charge on any atom is -0.269 e. The molecule has 0 aromatic heterocycles. The van der Waals surface area contributed by atoms with Crippen molar-refractivity contribution in [2.45, 2.75) is 0 Å². The van der Waals surface area contributed by atoms with Crippen molar-refractivity contribution in [2.75, 3.05) is 0 Å². The molecule has 0 aliphatic carbocycles. The SMILES string of the molecule is O=C1C=C[N+]2C=CN=C2N1. The molecule has 0 fully saturated rings. The van der Waals surface area contributed by atoms with Crippen LogP contribution >= 0.6 is 0 Å². The van der Waals surface area contributed by atoms with Crippen molar-refractivity contribution >= 4 is 11.9 Å². The highest BCUT2D eigenvalue weighted by molar-refractivity contribution is 6.07. The van der Waals surface area contributed by atoms with Crippen molar-refractivity contribution in [3.8, 4) is 0 Å². The number of carbonyl (C=O) groups excluding carboxylic acids is 1. The number of aliphatic imine (C=N–C) groups is 1. The number of hydrogen-bond donors (Lipinski definition) is 1. The molecule has 2 aliphatic heterocycles. The van der Waals surface area contributed by atoms with Gasteiger partial charge in [0.05, 0.1) is 12.3 Å². The van der Waals surface area contributed by atoms with Crippen LogP contribution < -0.4 is 10.2 Å². The van der Waals surface area contributed by atoms with Crippen molar-refractivity contribution in [3.05, 3.63) is 24.7 Å². The van der Waals surface area contributed by atoms with Gasteiger partial charge in [-0.15, -0.1) is 0 Å². The van der Waals surface area contributed by atoms with Crippen LogP contribution in [-0.2, 0) is 4.79 Å². The Bertz CT molecular complexity index is 264. The fourth-order valence-corrected chi connectivity index (χ4v) is 0.830. The maximum Gasteiger partial charge on any atom is 0.369 e. The normalized spacial score (nSPS) is 22.4. The second-order valence-corrected chi connectivity index (χ2v) is 1.96. The highest BCUT2D eigenvalue weighted by atomic mass is 16.1. The van der Waals surface area contributed by atoms with Gasteiger partial charge < -0.3 is 0 Å². The Labute approximate surface area is 57.5 Å². The van der Waals surface area contributed by atoms with Gasteiger partial charge in [0.1, 0.15) is 0 Å². The molecule has 10 heavy (non-hydrogen) atoms. The number of hydrogen-bond acceptors (Lipinski definition) is 3. The molecule has 2 aliphatic rings. The minimum atomic E-state index is -0.126. The number of amides is 1. The summed E-state index contributed by atoms with van der Waals surface area (Å²) in [5, 5.41) is 2.57. The zero-order valence-corrected chi connectivity index (χ0v) is 5.11. The summed E-state index contributed by atoms with van der Waals surface area (Å²) >= 11 is 0. The maximum absolute atomic E-state index is 10.7. The van der Waals surface area contributed by atoms with E-state index in [2.05, 4.69) is 10.3 Å². The molecule has 1 amide bonds. The van der Waals surface area contributed by atoms with E-state index in [0.29, 0.717) is 5.96 Å². The topological polar surface area (TPSA) is 47.4 Å². The quantitative estimate of drug-likeness (QED) is 0.452. The molecule has 4 heteroatoms. The molecule has 2 rings (SSSR count). The summed E-state index contributed by atoms with van der Waals surface area (Å²) in [5.74, 6) is 0.450. The molecular formula is C6H5N3O+. The van der Waals surface area contributed by atoms with E-state index in [4.69, 9.17) is 0 Å². The van der Waals surface area contributed by atoms with Crippen LogP contribution in [0.5, 0.6) is 0 Å². The molecule has 4 nitrogen and oxygen atoms in total. The summed E-state index contributed by atoms with van der Waals surface area (Å²) in [5.41, 5.74) is 0. The monoisotopic (exact) mass is 135 g/mol. The van der Waals surface area contributed by atoms with Gasteiger partial charge in [-0.25, -0.2) is 0 Å². The van der Waals surface area contributed by atoms with Gasteiger partial charge in [0.25, 0.3) is 5.91 Å². The summed E-state index contributed by atoms with van der Waals surface area (Å²) < 4.78 is 0. The van der Waals surface area contributed by atoms with Crippen LogP contribution in [0.15, 0.2) is 29.7 Å². The Kier molecular flexibility index (Phi) is 0.956. The van der Waals surface area contributed by atoms with Gasteiger partial charge in [-0.2, -0.15) is 4.99 Å². The van der Waals surface area contributed by atoms with E-state index in [1.165, 1.54) is 6.08 Å². The molecule has 1 radical (unpaired) electrons. The van der Waals surface area contributed by atoms with E-state index in [-0.39, 0.29) is 5.91 Å². The van der Waals surface area contributed by atoms with Crippen LogP contribution in [-0.4, -0.2) is 11.9 Å². The summed E-state index contributed by atoms with van der Waals surface area (Å²) in [6, 6.07) is 0. The van der Waals surface area contributed by atoms with E-state index < -0.39 is 0 Å². The second kappa shape index (κ2) is 1.78. The lowest BCUT2D eigenvalue weighted by molar-refractivity contribution is -0.115. The Hall–Kier alpha value is -1.42. The van der Waals surface area contributed by atoms with E-state index in [0.717, 1.165) is 0 Å². The van der Waals surface area contributed by atoms with Gasteiger partial charge in [-0.3, -0.25) is 10.1 Å². The van der Waals surface area contributed by atoms with Gasteiger partial charge in [0.2, 0.25) is 0 Å². The molecule has 0 aromatic carbocycles. The number of nitrogens with one attached hydrogen (secondary N) is 1. The van der Waals surface area contributed by atoms with Crippen molar-refractivity contribution in [1.29, 1.82) is 0 Å². The van der Waals surface area contributed by atoms with Crippen LogP contribution in [0.4, 0.5) is 0 Å². The van der Waals surface area contributed by atoms with Gasteiger partial charge in [-0.05, 0) is 4.90 Å². The third-order valence-electron chi connectivity index (χ3n) is 1.29. The minimum absolute atomic E-state index is 0.126. The predicted molar refractivity (Wildman–Crippen MR) is 36.0 cm³/mol. The average molecular weight is 135 g/mol. The molecule has 2 heterocycles. The Morgan fingerprint density at radius 1 is 1.50 bits per heavy atom. The van der Waals surface area contributed by atoms with Crippen LogP contribution in [0, 0.1) is 0 Å². The molecule has 0 atom stereocenters. The molecular weight excluding hydrogens is 130 g/mol. The van der Waals surface area contributed by atoms with Crippen LogP contribution in [0.2, 0.25) is 0 Å². The lowest BCUT2D eigenvalue weighted by Gasteiger charge is -2.03. The molecule has 0 bridgehead atoms. The molecule has 1 N–H and O–H groups in total. The molecule has 49 valence electrons. The fraction of sp³-hybridized carbons (Fsp3) is 0. The third-order valence-corrected chi connectivity index (χ3v) is 1.29. The zero-order chi connectivity index (χ0) is 6.97. The van der Waals surface area contributed by atoms with Gasteiger partial charge in [0, 0.05) is 0 Å². The summed E-state index contributed by atoms with van der Waals surface area (Å²) in [4.78, 5) is 16.3. The number of rotatable bonds is 0. The Balaban J connectivity index is 2.35. The molecule has 0 saturated heterocycles. The van der Waals surface area contributed by atoms with Crippen molar-refractivity contribution in [1.82, 2.24) is 10.2 Å². The number of fused-ring (bicyclic) bond motifs is 1. The van der Waals surface area contributed by atoms with Crippen LogP contribution in [0.1, 0.15) is 0 Å². The fourth-order valence-electron chi connectivity index (χ4n) is 0.830. The summed E-state index contributed by atoms with van der Waals surface area (Å²) in [7, 11) is 0. The first-order valence-electron chi connectivity index (χ1n) is 2.88. The first-order chi connectivity index (χ1) is 4.86. The lowest BCUT2D eigenvalue weighted by Crippen LogP contribution is -2.43. The summed E-state index contributed by atoms with van der Waals surface area (Å²) in [6.07, 6.45) is 6.52. The average Bonchev–Trinajstić information content (AvgIpc) is 2.33. The van der Waals surface area contributed by atoms with E-state index in [1.807, 2.05) is 0 Å².